The first-order chi connectivity index (χ1) is 20.8. The summed E-state index contributed by atoms with van der Waals surface area (Å²) in [6, 6.07) is 4.21. The van der Waals surface area contributed by atoms with E-state index in [1.54, 1.807) is 24.8 Å². The third-order valence-corrected chi connectivity index (χ3v) is 9.67. The Labute approximate surface area is 260 Å². The van der Waals surface area contributed by atoms with E-state index >= 15 is 0 Å². The molecule has 1 N–H and O–H groups in total. The summed E-state index contributed by atoms with van der Waals surface area (Å²) in [4.78, 5) is 36.3. The van der Waals surface area contributed by atoms with Crippen LogP contribution in [0.1, 0.15) is 75.4 Å². The van der Waals surface area contributed by atoms with E-state index < -0.39 is 11.9 Å². The van der Waals surface area contributed by atoms with Gasteiger partial charge >= 0.3 is 0 Å². The minimum Gasteiger partial charge on any atom is -0.392 e. The maximum absolute atomic E-state index is 14.6. The first kappa shape index (κ1) is 32.1. The van der Waals surface area contributed by atoms with Gasteiger partial charge in [-0.15, -0.1) is 0 Å². The van der Waals surface area contributed by atoms with Gasteiger partial charge in [0.2, 0.25) is 5.91 Å². The summed E-state index contributed by atoms with van der Waals surface area (Å²) in [6.07, 6.45) is 9.22. The number of aliphatic hydroxyl groups excluding tert-OH is 1. The average Bonchev–Trinajstić information content (AvgIpc) is 3.55. The molecule has 5 rings (SSSR count). The molecule has 2 atom stereocenters. The summed E-state index contributed by atoms with van der Waals surface area (Å²) in [5, 5.41) is 11.2. The van der Waals surface area contributed by atoms with E-state index in [0.717, 1.165) is 74.9 Å². The van der Waals surface area contributed by atoms with Crippen molar-refractivity contribution in [3.05, 3.63) is 59.3 Å². The molecule has 2 aromatic heterocycles. The number of aliphatic hydroxyl groups is 1. The molecule has 9 heteroatoms. The van der Waals surface area contributed by atoms with Crippen LogP contribution in [0, 0.1) is 24.1 Å². The van der Waals surface area contributed by atoms with Crippen LogP contribution in [0.2, 0.25) is 0 Å². The van der Waals surface area contributed by atoms with E-state index in [1.165, 1.54) is 17.7 Å². The van der Waals surface area contributed by atoms with Crippen molar-refractivity contribution in [2.24, 2.45) is 11.3 Å². The Morgan fingerprint density at radius 2 is 1.89 bits per heavy atom. The number of aromatic nitrogens is 2. The van der Waals surface area contributed by atoms with Crippen molar-refractivity contribution in [2.45, 2.75) is 79.4 Å². The normalized spacial score (nSPS) is 19.6. The van der Waals surface area contributed by atoms with E-state index in [-0.39, 0.29) is 35.4 Å². The zero-order valence-corrected chi connectivity index (χ0v) is 27.1. The Balaban J connectivity index is 1.40. The zero-order chi connectivity index (χ0) is 31.8. The zero-order valence-electron chi connectivity index (χ0n) is 27.1. The highest BCUT2D eigenvalue weighted by Gasteiger charge is 2.35. The van der Waals surface area contributed by atoms with Gasteiger partial charge in [-0.1, -0.05) is 6.92 Å². The minimum absolute atomic E-state index is 0.164. The highest BCUT2D eigenvalue weighted by Crippen LogP contribution is 2.36. The molecule has 2 aliphatic rings. The smallest absolute Gasteiger partial charge is 0.256 e. The van der Waals surface area contributed by atoms with Gasteiger partial charge in [0.1, 0.15) is 5.82 Å². The van der Waals surface area contributed by atoms with Gasteiger partial charge in [0, 0.05) is 63.5 Å². The second kappa shape index (κ2) is 13.0. The number of carbonyl (C=O) groups excluding carboxylic acids is 2. The number of benzene rings is 1. The summed E-state index contributed by atoms with van der Waals surface area (Å²) in [7, 11) is 0. The van der Waals surface area contributed by atoms with Crippen molar-refractivity contribution in [3.8, 4) is 5.69 Å². The first-order valence-corrected chi connectivity index (χ1v) is 16.1. The lowest BCUT2D eigenvalue weighted by atomic mass is 9.80. The SMILES string of the molecule is CC(=O)N1CCC(C)(CN2CC[C@@H](Cc3cn(-c4ccc(F)cc4C(=O)N(C[C@@H](C)O)C(C)C)c4cncc(C)c34)C2)CC1. The Hall–Kier alpha value is -3.30. The second-order valence-electron chi connectivity index (χ2n) is 13.8. The maximum Gasteiger partial charge on any atom is 0.256 e. The molecule has 238 valence electrons. The van der Waals surface area contributed by atoms with Crippen molar-refractivity contribution in [2.75, 3.05) is 39.3 Å². The van der Waals surface area contributed by atoms with E-state index in [0.29, 0.717) is 11.6 Å². The van der Waals surface area contributed by atoms with Crippen LogP contribution in [0.25, 0.3) is 16.6 Å². The molecule has 2 amide bonds. The van der Waals surface area contributed by atoms with Crippen LogP contribution in [-0.2, 0) is 11.2 Å². The highest BCUT2D eigenvalue weighted by molar-refractivity contribution is 5.99. The fourth-order valence-corrected chi connectivity index (χ4v) is 7.25. The summed E-state index contributed by atoms with van der Waals surface area (Å²) < 4.78 is 16.6. The summed E-state index contributed by atoms with van der Waals surface area (Å²) in [6.45, 7) is 16.6. The van der Waals surface area contributed by atoms with Crippen LogP contribution in [-0.4, -0.2) is 92.6 Å². The molecule has 2 aliphatic heterocycles. The van der Waals surface area contributed by atoms with Gasteiger partial charge in [0.05, 0.1) is 29.1 Å². The summed E-state index contributed by atoms with van der Waals surface area (Å²) >= 11 is 0. The topological polar surface area (TPSA) is 81.9 Å². The van der Waals surface area contributed by atoms with E-state index in [4.69, 9.17) is 0 Å². The summed E-state index contributed by atoms with van der Waals surface area (Å²) in [5.74, 6) is -0.115. The number of carbonyl (C=O) groups is 2. The van der Waals surface area contributed by atoms with Crippen molar-refractivity contribution in [1.82, 2.24) is 24.3 Å². The van der Waals surface area contributed by atoms with Crippen LogP contribution in [0.3, 0.4) is 0 Å². The monoisotopic (exact) mass is 605 g/mol. The van der Waals surface area contributed by atoms with Gasteiger partial charge in [-0.25, -0.2) is 4.39 Å². The third kappa shape index (κ3) is 6.84. The van der Waals surface area contributed by atoms with Crippen molar-refractivity contribution >= 4 is 22.7 Å². The number of fused-ring (bicyclic) bond motifs is 1. The molecule has 1 aromatic carbocycles. The lowest BCUT2D eigenvalue weighted by molar-refractivity contribution is -0.131. The largest absolute Gasteiger partial charge is 0.392 e. The number of aryl methyl sites for hydroxylation is 1. The van der Waals surface area contributed by atoms with E-state index in [9.17, 15) is 19.1 Å². The van der Waals surface area contributed by atoms with E-state index in [1.807, 2.05) is 35.7 Å². The highest BCUT2D eigenvalue weighted by atomic mass is 19.1. The molecular weight excluding hydrogens is 557 g/mol. The van der Waals surface area contributed by atoms with Gasteiger partial charge in [-0.3, -0.25) is 14.6 Å². The number of rotatable bonds is 9. The van der Waals surface area contributed by atoms with Gasteiger partial charge in [0.15, 0.2) is 0 Å². The maximum atomic E-state index is 14.6. The second-order valence-corrected chi connectivity index (χ2v) is 13.8. The number of pyridine rings is 1. The van der Waals surface area contributed by atoms with Crippen LogP contribution < -0.4 is 0 Å². The molecule has 0 bridgehead atoms. The fourth-order valence-electron chi connectivity index (χ4n) is 7.25. The first-order valence-electron chi connectivity index (χ1n) is 16.1. The Morgan fingerprint density at radius 1 is 1.16 bits per heavy atom. The van der Waals surface area contributed by atoms with Crippen LogP contribution >= 0.6 is 0 Å². The predicted molar refractivity (Wildman–Crippen MR) is 171 cm³/mol. The molecule has 0 spiro atoms. The molecule has 0 aliphatic carbocycles. The van der Waals surface area contributed by atoms with Crippen LogP contribution in [0.4, 0.5) is 4.39 Å². The van der Waals surface area contributed by atoms with Crippen LogP contribution in [0.15, 0.2) is 36.8 Å². The minimum atomic E-state index is -0.703. The molecule has 0 radical (unpaired) electrons. The Kier molecular flexibility index (Phi) is 9.47. The summed E-state index contributed by atoms with van der Waals surface area (Å²) in [5.41, 5.74) is 4.27. The lowest BCUT2D eigenvalue weighted by Crippen LogP contribution is -2.45. The molecule has 8 nitrogen and oxygen atoms in total. The van der Waals surface area contributed by atoms with Gasteiger partial charge in [-0.2, -0.15) is 0 Å². The fraction of sp³-hybridized carbons (Fsp3) is 0.571. The van der Waals surface area contributed by atoms with E-state index in [2.05, 4.69) is 29.9 Å². The quantitative estimate of drug-likeness (QED) is 0.362. The number of amides is 2. The standard InChI is InChI=1S/C35H48FN5O3/c1-23(2)40(19-25(4)42)34(44)30-16-29(36)7-8-31(30)41-21-28(33-24(3)17-37-18-32(33)41)15-27-9-12-38(20-27)22-35(6)10-13-39(14-11-35)26(5)43/h7-8,16-18,21,23,25,27,42H,9-15,19-20,22H2,1-6H3/t25-,27+/m1/s1. The van der Waals surface area contributed by atoms with Gasteiger partial charge in [-0.05, 0) is 101 Å². The molecule has 3 aromatic rings. The molecule has 44 heavy (non-hydrogen) atoms. The van der Waals surface area contributed by atoms with Gasteiger partial charge in [0.25, 0.3) is 5.91 Å². The molecule has 2 saturated heterocycles. The number of nitrogens with zero attached hydrogens (tertiary/aromatic N) is 5. The molecule has 0 unspecified atom stereocenters. The number of hydrogen-bond acceptors (Lipinski definition) is 5. The number of piperidine rings is 1. The predicted octanol–water partition coefficient (Wildman–Crippen LogP) is 5.22. The number of hydrogen-bond donors (Lipinski definition) is 1. The van der Waals surface area contributed by atoms with Crippen molar-refractivity contribution in [3.63, 3.8) is 0 Å². The Bertz CT molecular complexity index is 1510. The van der Waals surface area contributed by atoms with Crippen molar-refractivity contribution in [1.29, 1.82) is 0 Å². The molecule has 4 heterocycles. The molecular formula is C35H48FN5O3. The molecule has 0 saturated carbocycles. The Morgan fingerprint density at radius 3 is 2.55 bits per heavy atom. The molecule has 2 fully saturated rings. The number of likely N-dealkylation sites (tertiary alicyclic amines) is 2. The van der Waals surface area contributed by atoms with Crippen LogP contribution in [0.5, 0.6) is 0 Å². The average molecular weight is 606 g/mol. The lowest BCUT2D eigenvalue weighted by Gasteiger charge is -2.41. The number of halogens is 1. The third-order valence-electron chi connectivity index (χ3n) is 9.67. The van der Waals surface area contributed by atoms with Gasteiger partial charge < -0.3 is 24.4 Å². The van der Waals surface area contributed by atoms with Crippen molar-refractivity contribution < 1.29 is 19.1 Å².